The summed E-state index contributed by atoms with van der Waals surface area (Å²) in [6, 6.07) is 17.7. The summed E-state index contributed by atoms with van der Waals surface area (Å²) < 4.78 is 0. The Kier molecular flexibility index (Phi) is 3.35. The second-order valence-corrected chi connectivity index (χ2v) is 4.75. The molecule has 1 aliphatic rings. The van der Waals surface area contributed by atoms with E-state index < -0.39 is 0 Å². The maximum Gasteiger partial charge on any atom is 0.245 e. The number of hydrogen-bond donors (Lipinski definition) is 2. The molecule has 100 valence electrons. The van der Waals surface area contributed by atoms with Crippen LogP contribution in [0.3, 0.4) is 0 Å². The van der Waals surface area contributed by atoms with Crippen LogP contribution in [-0.2, 0) is 4.79 Å². The molecule has 1 heterocycles. The Morgan fingerprint density at radius 3 is 2.45 bits per heavy atom. The number of nitrogens with one attached hydrogen (secondary N) is 2. The predicted octanol–water partition coefficient (Wildman–Crippen LogP) is 2.66. The molecule has 0 saturated heterocycles. The lowest BCUT2D eigenvalue weighted by molar-refractivity contribution is -0.116. The number of para-hydroxylation sites is 1. The van der Waals surface area contributed by atoms with Crippen LogP contribution in [0.2, 0.25) is 0 Å². The molecule has 1 aliphatic heterocycles. The van der Waals surface area contributed by atoms with Gasteiger partial charge in [-0.25, -0.2) is 0 Å². The van der Waals surface area contributed by atoms with Crippen LogP contribution in [-0.4, -0.2) is 19.0 Å². The van der Waals surface area contributed by atoms with Crippen molar-refractivity contribution in [2.75, 3.05) is 12.4 Å². The number of carbonyl (C=O) groups excluding carboxylic acids is 1. The molecule has 0 spiro atoms. The highest BCUT2D eigenvalue weighted by molar-refractivity contribution is 6.04. The highest BCUT2D eigenvalue weighted by atomic mass is 16.2. The van der Waals surface area contributed by atoms with Crippen LogP contribution in [0.5, 0.6) is 0 Å². The average Bonchev–Trinajstić information content (AvgIpc) is 2.64. The second-order valence-electron chi connectivity index (χ2n) is 4.75. The van der Waals surface area contributed by atoms with Gasteiger partial charge in [-0.05, 0) is 30.3 Å². The first kappa shape index (κ1) is 12.6. The first-order chi connectivity index (χ1) is 9.79. The zero-order valence-corrected chi connectivity index (χ0v) is 11.3. The Labute approximate surface area is 118 Å². The number of amides is 1. The molecule has 3 rings (SSSR count). The Hall–Kier alpha value is -2.39. The molecule has 2 N–H and O–H groups in total. The van der Waals surface area contributed by atoms with Crippen LogP contribution >= 0.6 is 0 Å². The summed E-state index contributed by atoms with van der Waals surface area (Å²) in [6.45, 7) is 0. The van der Waals surface area contributed by atoms with Crippen LogP contribution in [0.25, 0.3) is 5.57 Å². The molecule has 1 unspecified atom stereocenters. The molecule has 0 fully saturated rings. The fourth-order valence-electron chi connectivity index (χ4n) is 2.45. The zero-order valence-electron chi connectivity index (χ0n) is 11.3. The molecular weight excluding hydrogens is 248 g/mol. The van der Waals surface area contributed by atoms with Crippen molar-refractivity contribution in [2.45, 2.75) is 6.04 Å². The van der Waals surface area contributed by atoms with Crippen LogP contribution in [0.1, 0.15) is 11.1 Å². The van der Waals surface area contributed by atoms with Gasteiger partial charge in [-0.1, -0.05) is 48.5 Å². The van der Waals surface area contributed by atoms with Gasteiger partial charge in [-0.15, -0.1) is 0 Å². The third-order valence-electron chi connectivity index (χ3n) is 3.49. The molecule has 3 nitrogen and oxygen atoms in total. The summed E-state index contributed by atoms with van der Waals surface area (Å²) >= 11 is 0. The molecule has 1 amide bonds. The van der Waals surface area contributed by atoms with Gasteiger partial charge in [0.05, 0.1) is 0 Å². The summed E-state index contributed by atoms with van der Waals surface area (Å²) in [6.07, 6.45) is 1.98. The molecule has 2 aromatic carbocycles. The Morgan fingerprint density at radius 2 is 1.70 bits per heavy atom. The van der Waals surface area contributed by atoms with Crippen molar-refractivity contribution in [2.24, 2.45) is 0 Å². The van der Waals surface area contributed by atoms with E-state index in [9.17, 15) is 4.79 Å². The number of rotatable bonds is 2. The molecule has 0 aliphatic carbocycles. The first-order valence-electron chi connectivity index (χ1n) is 6.64. The van der Waals surface area contributed by atoms with E-state index in [1.807, 2.05) is 48.5 Å². The van der Waals surface area contributed by atoms with E-state index in [4.69, 9.17) is 0 Å². The van der Waals surface area contributed by atoms with Crippen LogP contribution in [0.4, 0.5) is 5.69 Å². The number of fused-ring (bicyclic) bond motifs is 1. The number of benzene rings is 2. The molecule has 2 aromatic rings. The van der Waals surface area contributed by atoms with Crippen molar-refractivity contribution in [3.8, 4) is 0 Å². The first-order valence-corrected chi connectivity index (χ1v) is 6.64. The lowest BCUT2D eigenvalue weighted by Crippen LogP contribution is -2.36. The van der Waals surface area contributed by atoms with Gasteiger partial charge >= 0.3 is 0 Å². The normalized spacial score (nSPS) is 17.8. The van der Waals surface area contributed by atoms with Crippen LogP contribution < -0.4 is 10.6 Å². The fourth-order valence-corrected chi connectivity index (χ4v) is 2.45. The predicted molar refractivity (Wildman–Crippen MR) is 81.4 cm³/mol. The summed E-state index contributed by atoms with van der Waals surface area (Å²) in [4.78, 5) is 12.2. The molecular formula is C17H16N2O. The van der Waals surface area contributed by atoms with E-state index >= 15 is 0 Å². The topological polar surface area (TPSA) is 41.1 Å². The van der Waals surface area contributed by atoms with Gasteiger partial charge in [-0.3, -0.25) is 4.79 Å². The van der Waals surface area contributed by atoms with Crippen LogP contribution in [0.15, 0.2) is 60.7 Å². The maximum atomic E-state index is 12.2. The van der Waals surface area contributed by atoms with Crippen molar-refractivity contribution in [1.29, 1.82) is 0 Å². The molecule has 3 heteroatoms. The number of likely N-dealkylation sites (N-methyl/N-ethyl adjacent to an activating group) is 1. The third kappa shape index (κ3) is 2.24. The molecule has 0 bridgehead atoms. The number of carbonyl (C=O) groups is 1. The van der Waals surface area contributed by atoms with E-state index in [0.29, 0.717) is 0 Å². The van der Waals surface area contributed by atoms with Crippen molar-refractivity contribution in [3.63, 3.8) is 0 Å². The Balaban J connectivity index is 2.20. The van der Waals surface area contributed by atoms with Gasteiger partial charge in [0.2, 0.25) is 5.91 Å². The molecule has 0 aromatic heterocycles. The van der Waals surface area contributed by atoms with Gasteiger partial charge in [0, 0.05) is 11.3 Å². The minimum absolute atomic E-state index is 0.0362. The van der Waals surface area contributed by atoms with Gasteiger partial charge in [-0.2, -0.15) is 0 Å². The lowest BCUT2D eigenvalue weighted by atomic mass is 9.96. The quantitative estimate of drug-likeness (QED) is 0.875. The summed E-state index contributed by atoms with van der Waals surface area (Å²) in [7, 11) is 1.79. The molecule has 1 atom stereocenters. The second kappa shape index (κ2) is 5.31. The van der Waals surface area contributed by atoms with Crippen molar-refractivity contribution < 1.29 is 4.79 Å². The van der Waals surface area contributed by atoms with Crippen molar-refractivity contribution >= 4 is 17.2 Å². The summed E-state index contributed by atoms with van der Waals surface area (Å²) in [5, 5.41) is 6.01. The van der Waals surface area contributed by atoms with E-state index in [1.165, 1.54) is 0 Å². The molecule has 0 saturated carbocycles. The minimum atomic E-state index is -0.336. The van der Waals surface area contributed by atoms with E-state index in [0.717, 1.165) is 22.4 Å². The van der Waals surface area contributed by atoms with Gasteiger partial charge in [0.15, 0.2) is 0 Å². The minimum Gasteiger partial charge on any atom is -0.324 e. The van der Waals surface area contributed by atoms with E-state index in [2.05, 4.69) is 22.8 Å². The average molecular weight is 264 g/mol. The SMILES string of the molecule is CNC1C=C(c2ccccc2)c2ccccc2NC1=O. The lowest BCUT2D eigenvalue weighted by Gasteiger charge is -2.10. The van der Waals surface area contributed by atoms with E-state index in [1.54, 1.807) is 7.05 Å². The highest BCUT2D eigenvalue weighted by Crippen LogP contribution is 2.31. The number of hydrogen-bond acceptors (Lipinski definition) is 2. The smallest absolute Gasteiger partial charge is 0.245 e. The monoisotopic (exact) mass is 264 g/mol. The Bertz CT molecular complexity index is 662. The number of anilines is 1. The maximum absolute atomic E-state index is 12.2. The van der Waals surface area contributed by atoms with Gasteiger partial charge in [0.1, 0.15) is 6.04 Å². The highest BCUT2D eigenvalue weighted by Gasteiger charge is 2.22. The summed E-state index contributed by atoms with van der Waals surface area (Å²) in [5.41, 5.74) is 4.07. The van der Waals surface area contributed by atoms with Crippen molar-refractivity contribution in [1.82, 2.24) is 5.32 Å². The standard InChI is InChI=1S/C17H16N2O/c1-18-16-11-14(12-7-3-2-4-8-12)13-9-5-6-10-15(13)19-17(16)20/h2-11,16,18H,1H3,(H,19,20). The van der Waals surface area contributed by atoms with Gasteiger partial charge in [0.25, 0.3) is 0 Å². The Morgan fingerprint density at radius 1 is 1.00 bits per heavy atom. The largest absolute Gasteiger partial charge is 0.324 e. The van der Waals surface area contributed by atoms with E-state index in [-0.39, 0.29) is 11.9 Å². The zero-order chi connectivity index (χ0) is 13.9. The third-order valence-corrected chi connectivity index (χ3v) is 3.49. The fraction of sp³-hybridized carbons (Fsp3) is 0.118. The molecule has 20 heavy (non-hydrogen) atoms. The summed E-state index contributed by atoms with van der Waals surface area (Å²) in [5.74, 6) is -0.0362. The van der Waals surface area contributed by atoms with Gasteiger partial charge < -0.3 is 10.6 Å². The molecule has 0 radical (unpaired) electrons. The van der Waals surface area contributed by atoms with Crippen molar-refractivity contribution in [3.05, 3.63) is 71.8 Å². The van der Waals surface area contributed by atoms with Crippen LogP contribution in [0, 0.1) is 0 Å².